The third-order valence-corrected chi connectivity index (χ3v) is 5.84. The largest absolute Gasteiger partial charge is 0.319 e. The molecule has 0 fully saturated rings. The van der Waals surface area contributed by atoms with Gasteiger partial charge in [-0.05, 0) is 36.4 Å². The number of amides is 1. The first-order valence-electron chi connectivity index (χ1n) is 8.64. The third-order valence-electron chi connectivity index (χ3n) is 4.75. The smallest absolute Gasteiger partial charge is 0.252 e. The highest BCUT2D eigenvalue weighted by atomic mass is 32.1. The van der Waals surface area contributed by atoms with Crippen LogP contribution in [0.4, 0.5) is 0 Å². The van der Waals surface area contributed by atoms with E-state index in [4.69, 9.17) is 0 Å². The Morgan fingerprint density at radius 2 is 1.88 bits per heavy atom. The normalized spacial score (nSPS) is 12.2. The van der Waals surface area contributed by atoms with Crippen molar-refractivity contribution < 1.29 is 4.79 Å². The molecule has 3 nitrogen and oxygen atoms in total. The zero-order chi connectivity index (χ0) is 18.3. The summed E-state index contributed by atoms with van der Waals surface area (Å²) in [6.07, 6.45) is 0.334. The standard InChI is InChI=1S/C22H20N2OS/c1-14-8-9-17(15(2)12-14)13-20(25)23-22-24(3)21-18-7-5-4-6-16(18)10-11-19(21)26-22/h4-12H,13H2,1-3H3. The molecule has 0 N–H and O–H groups in total. The SMILES string of the molecule is Cc1ccc(CC(=O)N=c2sc3ccc4ccccc4c3n2C)c(C)c1. The van der Waals surface area contributed by atoms with Crippen molar-refractivity contribution in [1.82, 2.24) is 4.57 Å². The van der Waals surface area contributed by atoms with Crippen LogP contribution in [0.15, 0.2) is 59.6 Å². The first-order valence-corrected chi connectivity index (χ1v) is 9.45. The maximum absolute atomic E-state index is 12.5. The van der Waals surface area contributed by atoms with Gasteiger partial charge >= 0.3 is 0 Å². The van der Waals surface area contributed by atoms with Crippen molar-refractivity contribution in [3.05, 3.63) is 76.1 Å². The van der Waals surface area contributed by atoms with E-state index in [1.165, 1.54) is 16.3 Å². The maximum atomic E-state index is 12.5. The van der Waals surface area contributed by atoms with E-state index in [0.717, 1.165) is 26.1 Å². The van der Waals surface area contributed by atoms with Crippen molar-refractivity contribution in [3.63, 3.8) is 0 Å². The zero-order valence-electron chi connectivity index (χ0n) is 15.1. The van der Waals surface area contributed by atoms with Gasteiger partial charge in [-0.15, -0.1) is 0 Å². The molecule has 4 heteroatoms. The molecule has 4 aromatic rings. The van der Waals surface area contributed by atoms with Gasteiger partial charge in [0, 0.05) is 12.4 Å². The number of hydrogen-bond acceptors (Lipinski definition) is 2. The molecule has 0 spiro atoms. The van der Waals surface area contributed by atoms with Crippen LogP contribution in [0.2, 0.25) is 0 Å². The Labute approximate surface area is 156 Å². The number of rotatable bonds is 2. The Morgan fingerprint density at radius 3 is 2.69 bits per heavy atom. The van der Waals surface area contributed by atoms with Gasteiger partial charge in [0.1, 0.15) is 0 Å². The summed E-state index contributed by atoms with van der Waals surface area (Å²) in [5.74, 6) is -0.108. The van der Waals surface area contributed by atoms with E-state index in [1.54, 1.807) is 11.3 Å². The number of carbonyl (C=O) groups excluding carboxylic acids is 1. The molecule has 0 aliphatic heterocycles. The predicted molar refractivity (Wildman–Crippen MR) is 108 cm³/mol. The van der Waals surface area contributed by atoms with Crippen LogP contribution in [0.5, 0.6) is 0 Å². The topological polar surface area (TPSA) is 34.4 Å². The molecule has 4 rings (SSSR count). The Kier molecular flexibility index (Phi) is 4.21. The number of thiazole rings is 1. The molecule has 0 atom stereocenters. The minimum absolute atomic E-state index is 0.108. The van der Waals surface area contributed by atoms with Gasteiger partial charge in [0.05, 0.1) is 16.6 Å². The summed E-state index contributed by atoms with van der Waals surface area (Å²) in [6.45, 7) is 4.10. The lowest BCUT2D eigenvalue weighted by molar-refractivity contribution is -0.117. The highest BCUT2D eigenvalue weighted by Crippen LogP contribution is 2.26. The van der Waals surface area contributed by atoms with Crippen LogP contribution in [0.25, 0.3) is 21.0 Å². The lowest BCUT2D eigenvalue weighted by Crippen LogP contribution is -2.14. The second-order valence-corrected chi connectivity index (χ2v) is 7.70. The van der Waals surface area contributed by atoms with E-state index < -0.39 is 0 Å². The van der Waals surface area contributed by atoms with Gasteiger partial charge in [-0.3, -0.25) is 4.79 Å². The van der Waals surface area contributed by atoms with E-state index in [1.807, 2.05) is 42.8 Å². The number of hydrogen-bond donors (Lipinski definition) is 0. The number of benzene rings is 3. The molecular formula is C22H20N2OS. The molecule has 0 bridgehead atoms. The molecule has 1 heterocycles. The van der Waals surface area contributed by atoms with Crippen molar-refractivity contribution in [1.29, 1.82) is 0 Å². The first-order chi connectivity index (χ1) is 12.5. The molecule has 1 amide bonds. The summed E-state index contributed by atoms with van der Waals surface area (Å²) in [6, 6.07) is 18.7. The van der Waals surface area contributed by atoms with Gasteiger partial charge < -0.3 is 4.57 Å². The minimum Gasteiger partial charge on any atom is -0.319 e. The number of aromatic nitrogens is 1. The molecule has 3 aromatic carbocycles. The quantitative estimate of drug-likeness (QED) is 0.511. The van der Waals surface area contributed by atoms with Gasteiger partial charge in [0.15, 0.2) is 4.80 Å². The number of carbonyl (C=O) groups is 1. The van der Waals surface area contributed by atoms with E-state index in [0.29, 0.717) is 6.42 Å². The number of nitrogens with zero attached hydrogens (tertiary/aromatic N) is 2. The molecule has 26 heavy (non-hydrogen) atoms. The van der Waals surface area contributed by atoms with Crippen LogP contribution >= 0.6 is 11.3 Å². The molecule has 0 aliphatic carbocycles. The summed E-state index contributed by atoms with van der Waals surface area (Å²) >= 11 is 1.56. The van der Waals surface area contributed by atoms with Gasteiger partial charge in [-0.25, -0.2) is 0 Å². The second-order valence-electron chi connectivity index (χ2n) is 6.69. The van der Waals surface area contributed by atoms with E-state index in [-0.39, 0.29) is 5.91 Å². The maximum Gasteiger partial charge on any atom is 0.252 e. The van der Waals surface area contributed by atoms with Gasteiger partial charge in [0.2, 0.25) is 0 Å². The molecule has 0 unspecified atom stereocenters. The van der Waals surface area contributed by atoms with Crippen LogP contribution in [-0.2, 0) is 18.3 Å². The average Bonchev–Trinajstić information content (AvgIpc) is 2.93. The Morgan fingerprint density at radius 1 is 1.08 bits per heavy atom. The minimum atomic E-state index is -0.108. The fourth-order valence-electron chi connectivity index (χ4n) is 3.38. The van der Waals surface area contributed by atoms with E-state index in [9.17, 15) is 4.79 Å². The third kappa shape index (κ3) is 2.97. The van der Waals surface area contributed by atoms with Crippen molar-refractivity contribution in [2.24, 2.45) is 12.0 Å². The number of fused-ring (bicyclic) bond motifs is 3. The van der Waals surface area contributed by atoms with Crippen molar-refractivity contribution in [2.45, 2.75) is 20.3 Å². The highest BCUT2D eigenvalue weighted by Gasteiger charge is 2.10. The monoisotopic (exact) mass is 360 g/mol. The summed E-state index contributed by atoms with van der Waals surface area (Å²) in [4.78, 5) is 17.7. The fraction of sp³-hybridized carbons (Fsp3) is 0.182. The van der Waals surface area contributed by atoms with Crippen LogP contribution in [0.3, 0.4) is 0 Å². The van der Waals surface area contributed by atoms with Crippen LogP contribution in [-0.4, -0.2) is 10.5 Å². The Balaban J connectivity index is 1.77. The van der Waals surface area contributed by atoms with Crippen LogP contribution < -0.4 is 4.80 Å². The summed E-state index contributed by atoms with van der Waals surface area (Å²) in [5.41, 5.74) is 4.52. The van der Waals surface area contributed by atoms with E-state index in [2.05, 4.69) is 42.2 Å². The van der Waals surface area contributed by atoms with Gasteiger partial charge in [0.25, 0.3) is 5.91 Å². The Bertz CT molecular complexity index is 1210. The Hall–Kier alpha value is -2.72. The molecule has 0 radical (unpaired) electrons. The van der Waals surface area contributed by atoms with Gasteiger partial charge in [-0.2, -0.15) is 4.99 Å². The van der Waals surface area contributed by atoms with E-state index >= 15 is 0 Å². The van der Waals surface area contributed by atoms with Crippen molar-refractivity contribution in [3.8, 4) is 0 Å². The summed E-state index contributed by atoms with van der Waals surface area (Å²) in [7, 11) is 1.98. The lowest BCUT2D eigenvalue weighted by atomic mass is 10.0. The molecule has 0 saturated carbocycles. The van der Waals surface area contributed by atoms with Crippen molar-refractivity contribution in [2.75, 3.05) is 0 Å². The zero-order valence-corrected chi connectivity index (χ0v) is 15.9. The summed E-state index contributed by atoms with van der Waals surface area (Å²) < 4.78 is 3.17. The molecule has 1 aromatic heterocycles. The number of aryl methyl sites for hydroxylation is 3. The van der Waals surface area contributed by atoms with Gasteiger partial charge in [-0.1, -0.05) is 65.4 Å². The highest BCUT2D eigenvalue weighted by molar-refractivity contribution is 7.16. The predicted octanol–water partition coefficient (Wildman–Crippen LogP) is 4.68. The molecule has 0 saturated heterocycles. The van der Waals surface area contributed by atoms with Crippen LogP contribution in [0, 0.1) is 13.8 Å². The van der Waals surface area contributed by atoms with Crippen LogP contribution in [0.1, 0.15) is 16.7 Å². The fourth-order valence-corrected chi connectivity index (χ4v) is 4.43. The average molecular weight is 360 g/mol. The molecule has 0 aliphatic rings. The molecular weight excluding hydrogens is 340 g/mol. The second kappa shape index (κ2) is 6.54. The first kappa shape index (κ1) is 16.7. The van der Waals surface area contributed by atoms with Crippen molar-refractivity contribution >= 4 is 38.2 Å². The summed E-state index contributed by atoms with van der Waals surface area (Å²) in [5, 5.41) is 2.38. The molecule has 130 valence electrons. The lowest BCUT2D eigenvalue weighted by Gasteiger charge is -2.04.